The van der Waals surface area contributed by atoms with Crippen LogP contribution in [0.15, 0.2) is 54.6 Å². The van der Waals surface area contributed by atoms with E-state index in [1.807, 2.05) is 78.1 Å². The molecule has 0 fully saturated rings. The molecule has 2 aromatic carbocycles. The van der Waals surface area contributed by atoms with Gasteiger partial charge in [0.05, 0.1) is 0 Å². The predicted molar refractivity (Wildman–Crippen MR) is 132 cm³/mol. The summed E-state index contributed by atoms with van der Waals surface area (Å²) in [4.78, 5) is 26.8. The van der Waals surface area contributed by atoms with Crippen LogP contribution in [0.1, 0.15) is 64.2 Å². The van der Waals surface area contributed by atoms with Crippen molar-refractivity contribution in [1.29, 1.82) is 0 Å². The molecular weight excluding hydrogens is 414 g/mol. The van der Waals surface area contributed by atoms with Gasteiger partial charge in [0.25, 0.3) is 0 Å². The molecule has 0 N–H and O–H groups in total. The Kier molecular flexibility index (Phi) is 10.1. The molecule has 2 aromatic rings. The maximum Gasteiger partial charge on any atom is 0.323 e. The maximum absolute atomic E-state index is 12.9. The van der Waals surface area contributed by atoms with E-state index in [0.29, 0.717) is 13.0 Å². The minimum Gasteiger partial charge on any atom is -0.460 e. The van der Waals surface area contributed by atoms with Crippen molar-refractivity contribution < 1.29 is 19.1 Å². The van der Waals surface area contributed by atoms with Crippen LogP contribution >= 0.6 is 0 Å². The van der Waals surface area contributed by atoms with Crippen molar-refractivity contribution in [3.05, 3.63) is 71.3 Å². The van der Waals surface area contributed by atoms with Crippen LogP contribution in [0, 0.1) is 5.92 Å². The molecule has 0 bridgehead atoms. The zero-order valence-corrected chi connectivity index (χ0v) is 21.0. The van der Waals surface area contributed by atoms with Crippen molar-refractivity contribution in [3.8, 4) is 0 Å². The van der Waals surface area contributed by atoms with Gasteiger partial charge in [0.2, 0.25) is 0 Å². The summed E-state index contributed by atoms with van der Waals surface area (Å²) in [5.41, 5.74) is 2.85. The number of hydrogen-bond acceptors (Lipinski definition) is 5. The number of carbonyl (C=O) groups excluding carboxylic acids is 2. The monoisotopic (exact) mass is 453 g/mol. The number of rotatable bonds is 11. The highest BCUT2D eigenvalue weighted by atomic mass is 16.6. The highest BCUT2D eigenvalue weighted by Crippen LogP contribution is 2.18. The Labute approximate surface area is 199 Å². The van der Waals surface area contributed by atoms with Crippen molar-refractivity contribution >= 4 is 11.9 Å². The summed E-state index contributed by atoms with van der Waals surface area (Å²) in [5, 5.41) is 0. The fourth-order valence-corrected chi connectivity index (χ4v) is 3.87. The van der Waals surface area contributed by atoms with E-state index in [4.69, 9.17) is 9.47 Å². The van der Waals surface area contributed by atoms with Crippen molar-refractivity contribution in [2.45, 2.75) is 78.7 Å². The van der Waals surface area contributed by atoms with E-state index in [1.165, 1.54) is 5.56 Å². The zero-order valence-electron chi connectivity index (χ0n) is 21.0. The van der Waals surface area contributed by atoms with Gasteiger partial charge < -0.3 is 9.47 Å². The zero-order chi connectivity index (χ0) is 24.4. The second-order valence-corrected chi connectivity index (χ2v) is 9.96. The number of benzene rings is 2. The number of carbonyl (C=O) groups is 2. The molecular formula is C28H39NO4. The van der Waals surface area contributed by atoms with Crippen LogP contribution in [0.3, 0.4) is 0 Å². The van der Waals surface area contributed by atoms with E-state index in [9.17, 15) is 9.59 Å². The molecule has 0 amide bonds. The molecule has 0 saturated heterocycles. The van der Waals surface area contributed by atoms with E-state index in [-0.39, 0.29) is 30.5 Å². The van der Waals surface area contributed by atoms with Gasteiger partial charge in [0.15, 0.2) is 0 Å². The van der Waals surface area contributed by atoms with E-state index in [0.717, 1.165) is 24.0 Å². The molecule has 0 aliphatic carbocycles. The first-order valence-corrected chi connectivity index (χ1v) is 11.8. The van der Waals surface area contributed by atoms with Gasteiger partial charge in [0, 0.05) is 13.0 Å². The summed E-state index contributed by atoms with van der Waals surface area (Å²) in [6.45, 7) is 10.6. The number of hydrogen-bond donors (Lipinski definition) is 0. The van der Waals surface area contributed by atoms with Gasteiger partial charge in [-0.1, -0.05) is 68.4 Å². The first-order valence-electron chi connectivity index (χ1n) is 11.8. The van der Waals surface area contributed by atoms with Gasteiger partial charge in [-0.3, -0.25) is 14.5 Å². The first kappa shape index (κ1) is 26.6. The molecule has 0 aliphatic rings. The van der Waals surface area contributed by atoms with Crippen LogP contribution in [-0.4, -0.2) is 35.5 Å². The van der Waals surface area contributed by atoms with Crippen LogP contribution in [0.2, 0.25) is 0 Å². The Morgan fingerprint density at radius 3 is 2.21 bits per heavy atom. The van der Waals surface area contributed by atoms with E-state index < -0.39 is 5.60 Å². The predicted octanol–water partition coefficient (Wildman–Crippen LogP) is 5.55. The second-order valence-electron chi connectivity index (χ2n) is 9.96. The molecule has 33 heavy (non-hydrogen) atoms. The number of ether oxygens (including phenoxy) is 2. The number of likely N-dealkylation sites (N-methyl/N-ethyl adjacent to an activating group) is 1. The van der Waals surface area contributed by atoms with E-state index in [1.54, 1.807) is 0 Å². The quantitative estimate of drug-likeness (QED) is 0.418. The first-order chi connectivity index (χ1) is 15.5. The fraction of sp³-hybridized carbons (Fsp3) is 0.500. The molecule has 0 radical (unpaired) electrons. The lowest BCUT2D eigenvalue weighted by atomic mass is 10.0. The van der Waals surface area contributed by atoms with Gasteiger partial charge in [-0.05, 0) is 63.3 Å². The minimum absolute atomic E-state index is 0.121. The summed E-state index contributed by atoms with van der Waals surface area (Å²) in [7, 11) is 1.96. The second kappa shape index (κ2) is 12.5. The average Bonchev–Trinajstić information content (AvgIpc) is 2.72. The molecule has 5 heteroatoms. The summed E-state index contributed by atoms with van der Waals surface area (Å²) in [6.07, 6.45) is 1.96. The molecule has 0 heterocycles. The molecule has 0 aromatic heterocycles. The van der Waals surface area contributed by atoms with Crippen LogP contribution in [0.5, 0.6) is 0 Å². The highest BCUT2D eigenvalue weighted by molar-refractivity contribution is 5.76. The van der Waals surface area contributed by atoms with Crippen molar-refractivity contribution in [2.75, 3.05) is 7.05 Å². The summed E-state index contributed by atoms with van der Waals surface area (Å²) in [6, 6.07) is 17.7. The summed E-state index contributed by atoms with van der Waals surface area (Å²) >= 11 is 0. The Bertz CT molecular complexity index is 886. The molecule has 0 aliphatic heterocycles. The lowest BCUT2D eigenvalue weighted by molar-refractivity contribution is -0.155. The third-order valence-electron chi connectivity index (χ3n) is 5.26. The Balaban J connectivity index is 1.91. The Morgan fingerprint density at radius 1 is 0.939 bits per heavy atom. The van der Waals surface area contributed by atoms with Crippen LogP contribution in [0.4, 0.5) is 0 Å². The van der Waals surface area contributed by atoms with Gasteiger partial charge in [-0.2, -0.15) is 0 Å². The topological polar surface area (TPSA) is 55.8 Å². The average molecular weight is 454 g/mol. The molecule has 2 rings (SSSR count). The Hall–Kier alpha value is -2.66. The summed E-state index contributed by atoms with van der Waals surface area (Å²) in [5.74, 6) is -0.243. The van der Waals surface area contributed by atoms with Crippen molar-refractivity contribution in [3.63, 3.8) is 0 Å². The van der Waals surface area contributed by atoms with Gasteiger partial charge in [-0.15, -0.1) is 0 Å². The molecule has 1 atom stereocenters. The molecule has 0 saturated carbocycles. The maximum atomic E-state index is 12.9. The minimum atomic E-state index is -0.448. The van der Waals surface area contributed by atoms with Gasteiger partial charge in [-0.25, -0.2) is 0 Å². The molecule has 0 spiro atoms. The molecule has 0 unspecified atom stereocenters. The van der Waals surface area contributed by atoms with Crippen molar-refractivity contribution in [2.24, 2.45) is 5.92 Å². The molecule has 180 valence electrons. The SMILES string of the molecule is CC(C)[C@@H](C(=O)OCc1ccccc1)N(C)Cc1cccc(CCCC(=O)OC(C)(C)C)c1. The smallest absolute Gasteiger partial charge is 0.323 e. The van der Waals surface area contributed by atoms with Gasteiger partial charge >= 0.3 is 11.9 Å². The Morgan fingerprint density at radius 2 is 1.58 bits per heavy atom. The number of esters is 2. The van der Waals surface area contributed by atoms with Gasteiger partial charge in [0.1, 0.15) is 18.2 Å². The highest BCUT2D eigenvalue weighted by Gasteiger charge is 2.28. The fourth-order valence-electron chi connectivity index (χ4n) is 3.87. The standard InChI is InChI=1S/C28H39NO4/c1-21(2)26(27(31)32-20-23-12-8-7-9-13-23)29(6)19-24-16-10-14-22(18-24)15-11-17-25(30)33-28(3,4)5/h7-10,12-14,16,18,21,26H,11,15,17,19-20H2,1-6H3/t26-/m0/s1. The van der Waals surface area contributed by atoms with Crippen molar-refractivity contribution in [1.82, 2.24) is 4.90 Å². The largest absolute Gasteiger partial charge is 0.460 e. The number of aryl methyl sites for hydroxylation is 1. The number of nitrogens with zero attached hydrogens (tertiary/aromatic N) is 1. The van der Waals surface area contributed by atoms with Crippen LogP contribution in [-0.2, 0) is 38.6 Å². The lowest BCUT2D eigenvalue weighted by Gasteiger charge is -2.29. The normalized spacial score (nSPS) is 12.6. The lowest BCUT2D eigenvalue weighted by Crippen LogP contribution is -2.43. The van der Waals surface area contributed by atoms with E-state index in [2.05, 4.69) is 23.1 Å². The third kappa shape index (κ3) is 9.79. The van der Waals surface area contributed by atoms with Crippen LogP contribution in [0.25, 0.3) is 0 Å². The van der Waals surface area contributed by atoms with Crippen LogP contribution < -0.4 is 0 Å². The molecule has 5 nitrogen and oxygen atoms in total. The summed E-state index contributed by atoms with van der Waals surface area (Å²) < 4.78 is 11.0. The third-order valence-corrected chi connectivity index (χ3v) is 5.26. The van der Waals surface area contributed by atoms with E-state index >= 15 is 0 Å².